The molecular weight excluding hydrogens is 412 g/mol. The largest absolute Gasteiger partial charge is 0.384 e. The fourth-order valence-electron chi connectivity index (χ4n) is 4.35. The van der Waals surface area contributed by atoms with Gasteiger partial charge in [0.15, 0.2) is 11.3 Å². The zero-order chi connectivity index (χ0) is 22.2. The molecule has 0 aliphatic carbocycles. The van der Waals surface area contributed by atoms with Crippen molar-refractivity contribution in [1.82, 2.24) is 19.5 Å². The number of ether oxygens (including phenoxy) is 2. The topological polar surface area (TPSA) is 82.3 Å². The first kappa shape index (κ1) is 22.3. The summed E-state index contributed by atoms with van der Waals surface area (Å²) in [5.74, 6) is 0.982. The summed E-state index contributed by atoms with van der Waals surface area (Å²) in [6.07, 6.45) is 2.99. The average molecular weight is 445 g/mol. The van der Waals surface area contributed by atoms with Gasteiger partial charge in [-0.1, -0.05) is 13.8 Å². The van der Waals surface area contributed by atoms with Crippen LogP contribution in [0.4, 0.5) is 0 Å². The number of aliphatic hydroxyl groups is 1. The third-order valence-corrected chi connectivity index (χ3v) is 7.64. The van der Waals surface area contributed by atoms with E-state index in [4.69, 9.17) is 24.4 Å². The van der Waals surface area contributed by atoms with Crippen LogP contribution < -0.4 is 0 Å². The summed E-state index contributed by atoms with van der Waals surface area (Å²) in [5, 5.41) is 11.1. The van der Waals surface area contributed by atoms with E-state index in [0.717, 1.165) is 51.0 Å². The second kappa shape index (κ2) is 8.94. The predicted molar refractivity (Wildman–Crippen MR) is 123 cm³/mol. The van der Waals surface area contributed by atoms with Gasteiger partial charge in [-0.15, -0.1) is 11.3 Å². The molecule has 168 valence electrons. The number of methoxy groups -OCH3 is 1. The summed E-state index contributed by atoms with van der Waals surface area (Å²) in [6, 6.07) is 2.28. The Hall–Kier alpha value is -1.87. The highest BCUT2D eigenvalue weighted by Gasteiger charge is 2.34. The van der Waals surface area contributed by atoms with Gasteiger partial charge in [-0.3, -0.25) is 0 Å². The molecule has 0 radical (unpaired) electrons. The minimum atomic E-state index is -0.817. The van der Waals surface area contributed by atoms with Crippen molar-refractivity contribution in [2.24, 2.45) is 0 Å². The Morgan fingerprint density at radius 2 is 1.97 bits per heavy atom. The van der Waals surface area contributed by atoms with Gasteiger partial charge in [0.05, 0.1) is 23.2 Å². The maximum Gasteiger partial charge on any atom is 0.198 e. The van der Waals surface area contributed by atoms with Crippen LogP contribution >= 0.6 is 11.3 Å². The van der Waals surface area contributed by atoms with Crippen molar-refractivity contribution in [2.45, 2.75) is 65.0 Å². The minimum absolute atomic E-state index is 0.183. The Bertz CT molecular complexity index is 1070. The molecule has 31 heavy (non-hydrogen) atoms. The number of imidazole rings is 1. The molecule has 7 nitrogen and oxygen atoms in total. The molecule has 0 amide bonds. The SMILES string of the molecule is CCc1nc2nc(-c3sc(C4(O)CCOCC4)cc3C)c(C)nc2n1C(CC)COC. The summed E-state index contributed by atoms with van der Waals surface area (Å²) < 4.78 is 13.1. The van der Waals surface area contributed by atoms with Crippen LogP contribution in [-0.4, -0.2) is 51.6 Å². The first-order valence-corrected chi connectivity index (χ1v) is 11.9. The van der Waals surface area contributed by atoms with Gasteiger partial charge in [0.25, 0.3) is 0 Å². The third kappa shape index (κ3) is 4.02. The van der Waals surface area contributed by atoms with E-state index in [1.165, 1.54) is 0 Å². The molecule has 8 heteroatoms. The van der Waals surface area contributed by atoms with Crippen molar-refractivity contribution in [3.05, 3.63) is 28.0 Å². The lowest BCUT2D eigenvalue weighted by Gasteiger charge is -2.31. The molecule has 1 saturated heterocycles. The van der Waals surface area contributed by atoms with E-state index >= 15 is 0 Å². The lowest BCUT2D eigenvalue weighted by atomic mass is 9.92. The molecule has 3 aromatic rings. The molecule has 0 saturated carbocycles. The fourth-order valence-corrected chi connectivity index (χ4v) is 5.71. The average Bonchev–Trinajstić information content (AvgIpc) is 3.32. The summed E-state index contributed by atoms with van der Waals surface area (Å²) in [7, 11) is 1.73. The van der Waals surface area contributed by atoms with Gasteiger partial charge in [0, 0.05) is 44.5 Å². The molecule has 4 heterocycles. The van der Waals surface area contributed by atoms with Gasteiger partial charge in [-0.05, 0) is 31.9 Å². The number of thiophene rings is 1. The normalized spacial score (nSPS) is 17.4. The van der Waals surface area contributed by atoms with E-state index in [1.54, 1.807) is 18.4 Å². The van der Waals surface area contributed by atoms with Gasteiger partial charge >= 0.3 is 0 Å². The second-order valence-corrected chi connectivity index (χ2v) is 9.39. The van der Waals surface area contributed by atoms with Gasteiger partial charge in [-0.2, -0.15) is 0 Å². The van der Waals surface area contributed by atoms with Crippen molar-refractivity contribution >= 4 is 22.6 Å². The maximum atomic E-state index is 11.1. The van der Waals surface area contributed by atoms with Crippen LogP contribution in [0.5, 0.6) is 0 Å². The molecule has 1 unspecified atom stereocenters. The van der Waals surface area contributed by atoms with Crippen LogP contribution in [0.3, 0.4) is 0 Å². The molecule has 1 aliphatic rings. The summed E-state index contributed by atoms with van der Waals surface area (Å²) in [6.45, 7) is 10.1. The van der Waals surface area contributed by atoms with E-state index in [9.17, 15) is 5.11 Å². The molecule has 4 rings (SSSR count). The van der Waals surface area contributed by atoms with E-state index in [2.05, 4.69) is 31.4 Å². The second-order valence-electron chi connectivity index (χ2n) is 8.34. The number of hydrogen-bond acceptors (Lipinski definition) is 7. The highest BCUT2D eigenvalue weighted by Crippen LogP contribution is 2.42. The molecule has 1 N–H and O–H groups in total. The van der Waals surface area contributed by atoms with Crippen molar-refractivity contribution in [3.63, 3.8) is 0 Å². The van der Waals surface area contributed by atoms with Crippen LogP contribution in [-0.2, 0) is 21.5 Å². The summed E-state index contributed by atoms with van der Waals surface area (Å²) in [5.41, 5.74) is 3.51. The monoisotopic (exact) mass is 444 g/mol. The molecular formula is C23H32N4O3S. The maximum absolute atomic E-state index is 11.1. The standard InChI is InChI=1S/C23H32N4O3S/c1-6-16(13-29-5)27-18(7-2)25-21-22(27)24-15(4)19(26-21)20-14(3)12-17(31-20)23(28)8-10-30-11-9-23/h12,16,28H,6-11,13H2,1-5H3. The van der Waals surface area contributed by atoms with Gasteiger partial charge < -0.3 is 19.1 Å². The molecule has 1 atom stereocenters. The number of fused-ring (bicyclic) bond motifs is 1. The van der Waals surface area contributed by atoms with Crippen molar-refractivity contribution < 1.29 is 14.6 Å². The highest BCUT2D eigenvalue weighted by atomic mass is 32.1. The molecule has 1 fully saturated rings. The molecule has 0 bridgehead atoms. The van der Waals surface area contributed by atoms with Crippen LogP contribution in [0.15, 0.2) is 6.07 Å². The Labute approximate surface area is 187 Å². The molecule has 0 spiro atoms. The Morgan fingerprint density at radius 1 is 1.23 bits per heavy atom. The zero-order valence-corrected chi connectivity index (χ0v) is 19.9. The number of nitrogens with zero attached hydrogens (tertiary/aromatic N) is 4. The number of aromatic nitrogens is 4. The Kier molecular flexibility index (Phi) is 6.44. The highest BCUT2D eigenvalue weighted by molar-refractivity contribution is 7.15. The number of aryl methyl sites for hydroxylation is 3. The van der Waals surface area contributed by atoms with Gasteiger partial charge in [0.1, 0.15) is 17.1 Å². The van der Waals surface area contributed by atoms with Crippen LogP contribution in [0, 0.1) is 13.8 Å². The van der Waals surface area contributed by atoms with Crippen molar-refractivity contribution in [3.8, 4) is 10.6 Å². The van der Waals surface area contributed by atoms with Gasteiger partial charge in [-0.25, -0.2) is 15.0 Å². The van der Waals surface area contributed by atoms with Gasteiger partial charge in [0.2, 0.25) is 0 Å². The Balaban J connectivity index is 1.80. The zero-order valence-electron chi connectivity index (χ0n) is 19.1. The number of hydrogen-bond donors (Lipinski definition) is 1. The molecule has 0 aromatic carbocycles. The van der Waals surface area contributed by atoms with E-state index < -0.39 is 5.60 Å². The van der Waals surface area contributed by atoms with Crippen molar-refractivity contribution in [2.75, 3.05) is 26.9 Å². The van der Waals surface area contributed by atoms with E-state index in [1.807, 2.05) is 6.92 Å². The summed E-state index contributed by atoms with van der Waals surface area (Å²) in [4.78, 5) is 16.8. The van der Waals surface area contributed by atoms with Crippen molar-refractivity contribution in [1.29, 1.82) is 0 Å². The quantitative estimate of drug-likeness (QED) is 0.584. The minimum Gasteiger partial charge on any atom is -0.384 e. The third-order valence-electron chi connectivity index (χ3n) is 6.20. The Morgan fingerprint density at radius 3 is 2.61 bits per heavy atom. The predicted octanol–water partition coefficient (Wildman–Crippen LogP) is 4.33. The lowest BCUT2D eigenvalue weighted by molar-refractivity contribution is -0.0656. The molecule has 1 aliphatic heterocycles. The summed E-state index contributed by atoms with van der Waals surface area (Å²) >= 11 is 1.61. The lowest BCUT2D eigenvalue weighted by Crippen LogP contribution is -2.32. The van der Waals surface area contributed by atoms with Crippen LogP contribution in [0.2, 0.25) is 0 Å². The molecule has 3 aromatic heterocycles. The van der Waals surface area contributed by atoms with Crippen LogP contribution in [0.25, 0.3) is 21.9 Å². The van der Waals surface area contributed by atoms with E-state index in [-0.39, 0.29) is 6.04 Å². The van der Waals surface area contributed by atoms with Crippen LogP contribution in [0.1, 0.15) is 61.1 Å². The first-order chi connectivity index (χ1) is 14.9. The number of rotatable bonds is 7. The fraction of sp³-hybridized carbons (Fsp3) is 0.609. The smallest absolute Gasteiger partial charge is 0.198 e. The first-order valence-electron chi connectivity index (χ1n) is 11.1. The van der Waals surface area contributed by atoms with E-state index in [0.29, 0.717) is 38.3 Å².